The molecule has 1 aliphatic heterocycles. The molecule has 2 aromatic carbocycles. The SMILES string of the molecule is CC(NC(=O)Cc1cc(Cl)c2c(c1)OCCO2)c1ccccc1Cl. The quantitative estimate of drug-likeness (QED) is 0.883. The lowest BCUT2D eigenvalue weighted by atomic mass is 10.1. The Bertz CT molecular complexity index is 764. The normalized spacial score (nSPS) is 14.1. The molecule has 0 saturated heterocycles. The molecule has 0 radical (unpaired) electrons. The summed E-state index contributed by atoms with van der Waals surface area (Å²) in [5, 5.41) is 4.03. The highest BCUT2D eigenvalue weighted by Gasteiger charge is 2.18. The van der Waals surface area contributed by atoms with Crippen LogP contribution < -0.4 is 14.8 Å². The molecule has 0 spiro atoms. The molecule has 6 heteroatoms. The van der Waals surface area contributed by atoms with Crippen molar-refractivity contribution in [1.29, 1.82) is 0 Å². The van der Waals surface area contributed by atoms with Crippen molar-refractivity contribution in [3.63, 3.8) is 0 Å². The van der Waals surface area contributed by atoms with Gasteiger partial charge >= 0.3 is 0 Å². The highest BCUT2D eigenvalue weighted by molar-refractivity contribution is 6.32. The molecular weight excluding hydrogens is 349 g/mol. The maximum atomic E-state index is 12.3. The molecule has 1 amide bonds. The van der Waals surface area contributed by atoms with Crippen LogP contribution in [0.3, 0.4) is 0 Å². The number of halogens is 2. The number of fused-ring (bicyclic) bond motifs is 1. The van der Waals surface area contributed by atoms with Gasteiger partial charge in [0.25, 0.3) is 0 Å². The first-order chi connectivity index (χ1) is 11.5. The van der Waals surface area contributed by atoms with E-state index in [1.54, 1.807) is 18.2 Å². The molecule has 0 fully saturated rings. The third-order valence-electron chi connectivity index (χ3n) is 3.77. The van der Waals surface area contributed by atoms with E-state index in [1.807, 2.05) is 25.1 Å². The van der Waals surface area contributed by atoms with E-state index in [0.29, 0.717) is 34.8 Å². The summed E-state index contributed by atoms with van der Waals surface area (Å²) in [6.07, 6.45) is 0.200. The van der Waals surface area contributed by atoms with Crippen LogP contribution in [-0.4, -0.2) is 19.1 Å². The highest BCUT2D eigenvalue weighted by Crippen LogP contribution is 2.38. The maximum Gasteiger partial charge on any atom is 0.224 e. The van der Waals surface area contributed by atoms with Crippen LogP contribution >= 0.6 is 23.2 Å². The third kappa shape index (κ3) is 3.77. The Balaban J connectivity index is 1.69. The molecule has 1 atom stereocenters. The zero-order valence-corrected chi connectivity index (χ0v) is 14.7. The van der Waals surface area contributed by atoms with Crippen molar-refractivity contribution in [1.82, 2.24) is 5.32 Å². The number of amides is 1. The van der Waals surface area contributed by atoms with Crippen molar-refractivity contribution < 1.29 is 14.3 Å². The molecule has 1 aliphatic rings. The lowest BCUT2D eigenvalue weighted by Crippen LogP contribution is -2.28. The number of nitrogens with one attached hydrogen (secondary N) is 1. The monoisotopic (exact) mass is 365 g/mol. The van der Waals surface area contributed by atoms with Gasteiger partial charge in [-0.3, -0.25) is 4.79 Å². The molecule has 2 aromatic rings. The largest absolute Gasteiger partial charge is 0.486 e. The van der Waals surface area contributed by atoms with Gasteiger partial charge in [0.05, 0.1) is 17.5 Å². The van der Waals surface area contributed by atoms with Crippen LogP contribution in [0, 0.1) is 0 Å². The van der Waals surface area contributed by atoms with E-state index in [2.05, 4.69) is 5.32 Å². The van der Waals surface area contributed by atoms with Crippen molar-refractivity contribution in [3.05, 3.63) is 57.6 Å². The van der Waals surface area contributed by atoms with E-state index in [-0.39, 0.29) is 18.4 Å². The molecule has 126 valence electrons. The summed E-state index contributed by atoms with van der Waals surface area (Å²) in [6, 6.07) is 10.8. The van der Waals surface area contributed by atoms with Crippen LogP contribution in [0.4, 0.5) is 0 Å². The van der Waals surface area contributed by atoms with E-state index in [0.717, 1.165) is 11.1 Å². The lowest BCUT2D eigenvalue weighted by molar-refractivity contribution is -0.121. The second-order valence-electron chi connectivity index (χ2n) is 5.59. The van der Waals surface area contributed by atoms with Crippen LogP contribution in [0.2, 0.25) is 10.0 Å². The first-order valence-electron chi connectivity index (χ1n) is 7.66. The van der Waals surface area contributed by atoms with Gasteiger partial charge in [0.15, 0.2) is 11.5 Å². The van der Waals surface area contributed by atoms with Gasteiger partial charge in [-0.15, -0.1) is 0 Å². The predicted molar refractivity (Wildman–Crippen MR) is 94.2 cm³/mol. The Kier molecular flexibility index (Phi) is 5.17. The van der Waals surface area contributed by atoms with Crippen LogP contribution in [-0.2, 0) is 11.2 Å². The number of rotatable bonds is 4. The summed E-state index contributed by atoms with van der Waals surface area (Å²) in [5.41, 5.74) is 1.65. The van der Waals surface area contributed by atoms with Crippen molar-refractivity contribution in [2.45, 2.75) is 19.4 Å². The Morgan fingerprint density at radius 1 is 1.17 bits per heavy atom. The van der Waals surface area contributed by atoms with E-state index in [4.69, 9.17) is 32.7 Å². The van der Waals surface area contributed by atoms with Gasteiger partial charge in [0.2, 0.25) is 5.91 Å². The number of carbonyl (C=O) groups is 1. The molecular formula is C18H17Cl2NO3. The van der Waals surface area contributed by atoms with Crippen molar-refractivity contribution >= 4 is 29.1 Å². The fraction of sp³-hybridized carbons (Fsp3) is 0.278. The summed E-state index contributed by atoms with van der Waals surface area (Å²) in [4.78, 5) is 12.3. The van der Waals surface area contributed by atoms with E-state index < -0.39 is 0 Å². The van der Waals surface area contributed by atoms with Gasteiger partial charge < -0.3 is 14.8 Å². The molecule has 0 saturated carbocycles. The van der Waals surface area contributed by atoms with Crippen LogP contribution in [0.1, 0.15) is 24.1 Å². The standard InChI is InChI=1S/C18H17Cl2NO3/c1-11(13-4-2-3-5-14(13)19)21-17(22)10-12-8-15(20)18-16(9-12)23-6-7-24-18/h2-5,8-9,11H,6-7,10H2,1H3,(H,21,22). The van der Waals surface area contributed by atoms with Gasteiger partial charge in [-0.1, -0.05) is 41.4 Å². The molecule has 1 N–H and O–H groups in total. The second kappa shape index (κ2) is 7.32. The Morgan fingerprint density at radius 2 is 1.92 bits per heavy atom. The molecule has 24 heavy (non-hydrogen) atoms. The number of carbonyl (C=O) groups excluding carboxylic acids is 1. The predicted octanol–water partition coefficient (Wildman–Crippen LogP) is 4.18. The minimum Gasteiger partial charge on any atom is -0.486 e. The van der Waals surface area contributed by atoms with Crippen LogP contribution in [0.5, 0.6) is 11.5 Å². The Labute approximate surface area is 150 Å². The van der Waals surface area contributed by atoms with Gasteiger partial charge in [-0.2, -0.15) is 0 Å². The summed E-state index contributed by atoms with van der Waals surface area (Å²) < 4.78 is 11.0. The van der Waals surface area contributed by atoms with Gasteiger partial charge in [0, 0.05) is 5.02 Å². The Morgan fingerprint density at radius 3 is 2.71 bits per heavy atom. The molecule has 3 rings (SSSR count). The Hall–Kier alpha value is -1.91. The first kappa shape index (κ1) is 16.9. The van der Waals surface area contributed by atoms with Crippen molar-refractivity contribution in [3.8, 4) is 11.5 Å². The lowest BCUT2D eigenvalue weighted by Gasteiger charge is -2.20. The molecule has 0 aromatic heterocycles. The molecule has 0 bridgehead atoms. The molecule has 4 nitrogen and oxygen atoms in total. The van der Waals surface area contributed by atoms with Gasteiger partial charge in [-0.05, 0) is 36.2 Å². The zero-order chi connectivity index (χ0) is 17.1. The average molecular weight is 366 g/mol. The second-order valence-corrected chi connectivity index (χ2v) is 6.40. The van der Waals surface area contributed by atoms with E-state index in [9.17, 15) is 4.79 Å². The van der Waals surface area contributed by atoms with Crippen LogP contribution in [0.25, 0.3) is 0 Å². The number of ether oxygens (including phenoxy) is 2. The minimum absolute atomic E-state index is 0.116. The van der Waals surface area contributed by atoms with Crippen molar-refractivity contribution in [2.75, 3.05) is 13.2 Å². The molecule has 1 unspecified atom stereocenters. The number of benzene rings is 2. The fourth-order valence-corrected chi connectivity index (χ4v) is 3.24. The summed E-state index contributed by atoms with van der Waals surface area (Å²) in [6.45, 7) is 2.85. The number of hydrogen-bond donors (Lipinski definition) is 1. The van der Waals surface area contributed by atoms with E-state index in [1.165, 1.54) is 0 Å². The first-order valence-corrected chi connectivity index (χ1v) is 8.42. The summed E-state index contributed by atoms with van der Waals surface area (Å²) in [7, 11) is 0. The van der Waals surface area contributed by atoms with Gasteiger partial charge in [0.1, 0.15) is 13.2 Å². The molecule has 0 aliphatic carbocycles. The third-order valence-corrected chi connectivity index (χ3v) is 4.40. The highest BCUT2D eigenvalue weighted by atomic mass is 35.5. The summed E-state index contributed by atoms with van der Waals surface area (Å²) >= 11 is 12.4. The minimum atomic E-state index is -0.182. The fourth-order valence-electron chi connectivity index (χ4n) is 2.65. The maximum absolute atomic E-state index is 12.3. The summed E-state index contributed by atoms with van der Waals surface area (Å²) in [5.74, 6) is 1.00. The van der Waals surface area contributed by atoms with Crippen LogP contribution in [0.15, 0.2) is 36.4 Å². The molecule has 1 heterocycles. The average Bonchev–Trinajstić information content (AvgIpc) is 2.55. The smallest absolute Gasteiger partial charge is 0.224 e. The zero-order valence-electron chi connectivity index (χ0n) is 13.1. The van der Waals surface area contributed by atoms with Gasteiger partial charge in [-0.25, -0.2) is 0 Å². The topological polar surface area (TPSA) is 47.6 Å². The number of hydrogen-bond acceptors (Lipinski definition) is 3. The van der Waals surface area contributed by atoms with Crippen molar-refractivity contribution in [2.24, 2.45) is 0 Å². The van der Waals surface area contributed by atoms with E-state index >= 15 is 0 Å².